The van der Waals surface area contributed by atoms with Gasteiger partial charge in [0.05, 0.1) is 29.7 Å². The standard InChI is InChI=1S/C45H52Cl2N4O4/c1-43(2)21-23-44(24-22-43)45(28-52,35-19-14-32(46)27-36(35)48-3)38(31-20-25-49-37(47)26-31)40(42(55)50-33-15-17-34(53)18-16-33)51(44)39(29-10-6-4-7-11-29)41(54)30-12-8-5-9-13-30/h4-14,19-20,25-28,33-34,38-41,48,53-54H,15-18,21-24H2,1-3H3,(H,50,55)/t33?,34?,38-,39+,40+,41-,45?/m0/s1. The van der Waals surface area contributed by atoms with Crippen LogP contribution in [0.1, 0.15) is 106 Å². The average molecular weight is 784 g/mol. The quantitative estimate of drug-likeness (QED) is 0.0942. The van der Waals surface area contributed by atoms with Crippen molar-refractivity contribution in [3.63, 3.8) is 0 Å². The number of likely N-dealkylation sites (tertiary alicyclic amines) is 1. The molecule has 290 valence electrons. The Kier molecular flexibility index (Phi) is 11.5. The van der Waals surface area contributed by atoms with Crippen molar-refractivity contribution in [3.8, 4) is 0 Å². The van der Waals surface area contributed by atoms with Crippen LogP contribution in [0, 0.1) is 5.41 Å². The molecule has 0 radical (unpaired) electrons. The van der Waals surface area contributed by atoms with Gasteiger partial charge in [-0.15, -0.1) is 0 Å². The summed E-state index contributed by atoms with van der Waals surface area (Å²) in [5.74, 6) is -1.00. The lowest BCUT2D eigenvalue weighted by Crippen LogP contribution is -2.63. The summed E-state index contributed by atoms with van der Waals surface area (Å²) in [6.45, 7) is 4.52. The summed E-state index contributed by atoms with van der Waals surface area (Å²) in [5.41, 5.74) is 1.28. The Morgan fingerprint density at radius 3 is 2.13 bits per heavy atom. The van der Waals surface area contributed by atoms with E-state index in [0.29, 0.717) is 60.4 Å². The fourth-order valence-corrected chi connectivity index (χ4v) is 10.6. The zero-order valence-electron chi connectivity index (χ0n) is 31.8. The molecule has 1 amide bonds. The second-order valence-electron chi connectivity index (χ2n) is 16.6. The van der Waals surface area contributed by atoms with Gasteiger partial charge in [-0.3, -0.25) is 9.69 Å². The van der Waals surface area contributed by atoms with Crippen molar-refractivity contribution in [2.45, 2.75) is 112 Å². The largest absolute Gasteiger partial charge is 0.393 e. The van der Waals surface area contributed by atoms with E-state index in [1.54, 1.807) is 12.3 Å². The second kappa shape index (κ2) is 16.0. The van der Waals surface area contributed by atoms with Crippen LogP contribution in [-0.4, -0.2) is 63.1 Å². The topological polar surface area (TPSA) is 115 Å². The Labute approximate surface area is 334 Å². The van der Waals surface area contributed by atoms with E-state index in [1.807, 2.05) is 92.0 Å². The molecule has 1 aliphatic heterocycles. The van der Waals surface area contributed by atoms with Gasteiger partial charge in [0.15, 0.2) is 0 Å². The summed E-state index contributed by atoms with van der Waals surface area (Å²) in [7, 11) is 1.82. The fraction of sp³-hybridized carbons (Fsp3) is 0.444. The minimum absolute atomic E-state index is 0.0313. The van der Waals surface area contributed by atoms with Crippen LogP contribution in [0.25, 0.3) is 0 Å². The number of rotatable bonds is 10. The van der Waals surface area contributed by atoms with E-state index < -0.39 is 41.2 Å². The number of pyridine rings is 1. The van der Waals surface area contributed by atoms with Crippen LogP contribution < -0.4 is 10.6 Å². The molecule has 1 aromatic heterocycles. The van der Waals surface area contributed by atoms with E-state index in [-0.39, 0.29) is 22.5 Å². The number of nitrogens with zero attached hydrogens (tertiary/aromatic N) is 2. The van der Waals surface area contributed by atoms with Gasteiger partial charge < -0.3 is 25.6 Å². The predicted molar refractivity (Wildman–Crippen MR) is 218 cm³/mol. The number of anilines is 1. The molecule has 4 aromatic rings. The summed E-state index contributed by atoms with van der Waals surface area (Å²) in [6.07, 6.45) is 6.42. The molecule has 2 heterocycles. The smallest absolute Gasteiger partial charge is 0.238 e. The van der Waals surface area contributed by atoms with Gasteiger partial charge in [-0.1, -0.05) is 104 Å². The summed E-state index contributed by atoms with van der Waals surface area (Å²) < 4.78 is 0. The van der Waals surface area contributed by atoms with Gasteiger partial charge in [-0.25, -0.2) is 4.98 Å². The molecule has 3 aromatic carbocycles. The van der Waals surface area contributed by atoms with Gasteiger partial charge in [0.1, 0.15) is 11.4 Å². The molecule has 4 N–H and O–H groups in total. The SMILES string of the molecule is CNc1cc(Cl)ccc1C1(C=O)[C@@H](c2ccnc(Cl)c2)[C@H](C(=O)NC2CCC(O)CC2)N([C@H](c2ccccc2)[C@@H](O)c2ccccc2)C12CCC(C)(C)CC2. The Hall–Kier alpha value is -3.79. The number of aliphatic hydroxyl groups is 2. The lowest BCUT2D eigenvalue weighted by molar-refractivity contribution is -0.135. The molecular formula is C45H52Cl2N4O4. The molecule has 7 rings (SSSR count). The van der Waals surface area contributed by atoms with E-state index in [9.17, 15) is 15.0 Å². The minimum Gasteiger partial charge on any atom is -0.393 e. The first-order chi connectivity index (χ1) is 26.4. The molecule has 0 bridgehead atoms. The lowest BCUT2D eigenvalue weighted by atomic mass is 9.53. The third-order valence-corrected chi connectivity index (χ3v) is 13.4. The van der Waals surface area contributed by atoms with Crippen molar-refractivity contribution in [3.05, 3.63) is 130 Å². The van der Waals surface area contributed by atoms with Gasteiger partial charge >= 0.3 is 0 Å². The fourth-order valence-electron chi connectivity index (χ4n) is 10.2. The third-order valence-electron chi connectivity index (χ3n) is 13.0. The van der Waals surface area contributed by atoms with Gasteiger partial charge in [0, 0.05) is 41.5 Å². The van der Waals surface area contributed by atoms with Crippen molar-refractivity contribution < 1.29 is 19.8 Å². The van der Waals surface area contributed by atoms with Crippen LogP contribution >= 0.6 is 23.2 Å². The molecule has 55 heavy (non-hydrogen) atoms. The summed E-state index contributed by atoms with van der Waals surface area (Å²) in [6, 6.07) is 26.9. The number of halogens is 2. The first kappa shape index (κ1) is 39.4. The highest BCUT2D eigenvalue weighted by Crippen LogP contribution is 2.67. The first-order valence-corrected chi connectivity index (χ1v) is 20.3. The number of aliphatic hydroxyl groups excluding tert-OH is 2. The Morgan fingerprint density at radius 1 is 0.891 bits per heavy atom. The maximum atomic E-state index is 15.7. The number of benzene rings is 3. The van der Waals surface area contributed by atoms with Crippen molar-refractivity contribution in [1.29, 1.82) is 0 Å². The zero-order valence-corrected chi connectivity index (χ0v) is 33.3. The van der Waals surface area contributed by atoms with Crippen LogP contribution in [0.3, 0.4) is 0 Å². The third kappa shape index (κ3) is 7.21. The molecular weight excluding hydrogens is 731 g/mol. The summed E-state index contributed by atoms with van der Waals surface area (Å²) >= 11 is 13.4. The molecule has 1 unspecified atom stereocenters. The number of aromatic nitrogens is 1. The van der Waals surface area contributed by atoms with Gasteiger partial charge in [0.2, 0.25) is 5.91 Å². The van der Waals surface area contributed by atoms with Crippen molar-refractivity contribution in [1.82, 2.24) is 15.2 Å². The number of aldehydes is 1. The van der Waals surface area contributed by atoms with Gasteiger partial charge in [0.25, 0.3) is 0 Å². The first-order valence-electron chi connectivity index (χ1n) is 19.5. The number of carbonyl (C=O) groups is 2. The predicted octanol–water partition coefficient (Wildman–Crippen LogP) is 8.57. The Bertz CT molecular complexity index is 1960. The number of hydrogen-bond donors (Lipinski definition) is 4. The molecule has 3 fully saturated rings. The van der Waals surface area contributed by atoms with Crippen molar-refractivity contribution in [2.75, 3.05) is 12.4 Å². The van der Waals surface area contributed by atoms with Crippen molar-refractivity contribution in [2.24, 2.45) is 5.41 Å². The molecule has 3 aliphatic rings. The van der Waals surface area contributed by atoms with Crippen molar-refractivity contribution >= 4 is 41.1 Å². The highest BCUT2D eigenvalue weighted by molar-refractivity contribution is 6.31. The lowest BCUT2D eigenvalue weighted by Gasteiger charge is -2.56. The van der Waals surface area contributed by atoms with Crippen LogP contribution in [0.5, 0.6) is 0 Å². The molecule has 1 saturated heterocycles. The van der Waals surface area contributed by atoms with E-state index >= 15 is 4.79 Å². The normalized spacial score (nSPS) is 27.3. The van der Waals surface area contributed by atoms with Crippen LogP contribution in [0.4, 0.5) is 5.69 Å². The number of amides is 1. The summed E-state index contributed by atoms with van der Waals surface area (Å²) in [4.78, 5) is 37.2. The highest BCUT2D eigenvalue weighted by Gasteiger charge is 2.73. The number of carbonyl (C=O) groups excluding carboxylic acids is 2. The monoisotopic (exact) mass is 782 g/mol. The highest BCUT2D eigenvalue weighted by atomic mass is 35.5. The van der Waals surface area contributed by atoms with E-state index in [0.717, 1.165) is 30.3 Å². The molecule has 10 heteroatoms. The van der Waals surface area contributed by atoms with E-state index in [1.165, 1.54) is 0 Å². The summed E-state index contributed by atoms with van der Waals surface area (Å²) in [5, 5.41) is 30.8. The van der Waals surface area contributed by atoms with Crippen LogP contribution in [0.15, 0.2) is 97.2 Å². The molecule has 8 nitrogen and oxygen atoms in total. The molecule has 5 atom stereocenters. The Balaban J connectivity index is 1.59. The average Bonchev–Trinajstić information content (AvgIpc) is 3.44. The molecule has 1 spiro atoms. The second-order valence-corrected chi connectivity index (χ2v) is 17.4. The van der Waals surface area contributed by atoms with Crippen LogP contribution in [-0.2, 0) is 15.0 Å². The maximum absolute atomic E-state index is 15.7. The zero-order chi connectivity index (χ0) is 39.0. The molecule has 2 saturated carbocycles. The minimum atomic E-state index is -1.36. The van der Waals surface area contributed by atoms with Gasteiger partial charge in [-0.05, 0) is 103 Å². The number of hydrogen-bond acceptors (Lipinski definition) is 7. The maximum Gasteiger partial charge on any atom is 0.238 e. The number of nitrogens with one attached hydrogen (secondary N) is 2. The molecule has 2 aliphatic carbocycles. The van der Waals surface area contributed by atoms with E-state index in [2.05, 4.69) is 34.4 Å². The van der Waals surface area contributed by atoms with E-state index in [4.69, 9.17) is 23.2 Å². The Morgan fingerprint density at radius 2 is 1.53 bits per heavy atom. The van der Waals surface area contributed by atoms with Gasteiger partial charge in [-0.2, -0.15) is 0 Å². The van der Waals surface area contributed by atoms with Crippen LogP contribution in [0.2, 0.25) is 10.2 Å².